The molecule has 0 fully saturated rings. The van der Waals surface area contributed by atoms with Crippen molar-refractivity contribution in [2.75, 3.05) is 13.2 Å². The van der Waals surface area contributed by atoms with Gasteiger partial charge in [0.1, 0.15) is 12.4 Å². The molecule has 5 heteroatoms. The van der Waals surface area contributed by atoms with Gasteiger partial charge in [-0.3, -0.25) is 9.59 Å². The molecular weight excluding hydrogens is 322 g/mol. The van der Waals surface area contributed by atoms with Gasteiger partial charge in [0.05, 0.1) is 11.4 Å². The van der Waals surface area contributed by atoms with E-state index in [1.165, 1.54) is 16.9 Å². The number of hydrogen-bond acceptors (Lipinski definition) is 4. The first-order valence-electron chi connectivity index (χ1n) is 8.02. The Morgan fingerprint density at radius 2 is 1.88 bits per heavy atom. The second-order valence-corrected chi connectivity index (χ2v) is 7.09. The minimum atomic E-state index is -0.124. The van der Waals surface area contributed by atoms with Crippen molar-refractivity contribution in [3.05, 3.63) is 51.2 Å². The summed E-state index contributed by atoms with van der Waals surface area (Å²) in [5.41, 5.74) is 2.27. The summed E-state index contributed by atoms with van der Waals surface area (Å²) in [6.45, 7) is 6.84. The number of nitrogens with one attached hydrogen (secondary N) is 1. The third kappa shape index (κ3) is 5.49. The molecule has 2 aromatic rings. The van der Waals surface area contributed by atoms with Crippen LogP contribution in [0.1, 0.15) is 38.5 Å². The molecule has 0 aliphatic rings. The van der Waals surface area contributed by atoms with Crippen molar-refractivity contribution >= 4 is 23.0 Å². The Hall–Kier alpha value is -2.14. The number of Topliss-reactive ketones (excluding diaryl/α,β-unsaturated/α-hetero) is 1. The molecule has 1 aromatic heterocycles. The van der Waals surface area contributed by atoms with Crippen LogP contribution in [-0.4, -0.2) is 24.8 Å². The highest BCUT2D eigenvalue weighted by Gasteiger charge is 2.10. The second-order valence-electron chi connectivity index (χ2n) is 5.80. The van der Waals surface area contributed by atoms with Gasteiger partial charge in [-0.1, -0.05) is 17.7 Å². The Kier molecular flexibility index (Phi) is 6.55. The number of ether oxygens (including phenoxy) is 1. The number of rotatable bonds is 8. The van der Waals surface area contributed by atoms with Crippen LogP contribution >= 0.6 is 11.3 Å². The maximum atomic E-state index is 11.9. The van der Waals surface area contributed by atoms with Crippen molar-refractivity contribution in [3.8, 4) is 5.75 Å². The first-order valence-corrected chi connectivity index (χ1v) is 8.84. The van der Waals surface area contributed by atoms with E-state index in [4.69, 9.17) is 4.74 Å². The summed E-state index contributed by atoms with van der Waals surface area (Å²) < 4.78 is 5.66. The highest BCUT2D eigenvalue weighted by atomic mass is 32.1. The molecule has 1 N–H and O–H groups in total. The third-order valence-electron chi connectivity index (χ3n) is 3.61. The Bertz CT molecular complexity index is 721. The van der Waals surface area contributed by atoms with Crippen molar-refractivity contribution in [3.63, 3.8) is 0 Å². The Labute approximate surface area is 146 Å². The summed E-state index contributed by atoms with van der Waals surface area (Å²) >= 11 is 1.47. The van der Waals surface area contributed by atoms with Gasteiger partial charge in [-0.25, -0.2) is 0 Å². The minimum absolute atomic E-state index is 0.0229. The van der Waals surface area contributed by atoms with E-state index >= 15 is 0 Å². The predicted molar refractivity (Wildman–Crippen MR) is 97.0 cm³/mol. The molecule has 0 atom stereocenters. The first kappa shape index (κ1) is 18.2. The fraction of sp³-hybridized carbons (Fsp3) is 0.368. The fourth-order valence-corrected chi connectivity index (χ4v) is 3.17. The molecule has 4 nitrogen and oxygen atoms in total. The number of ketones is 1. The fourth-order valence-electron chi connectivity index (χ4n) is 2.34. The molecule has 0 unspecified atom stereocenters. The van der Waals surface area contributed by atoms with Crippen LogP contribution in [0, 0.1) is 20.8 Å². The molecule has 1 aromatic carbocycles. The predicted octanol–water partition coefficient (Wildman–Crippen LogP) is 3.83. The molecule has 0 aliphatic carbocycles. The van der Waals surface area contributed by atoms with Gasteiger partial charge in [-0.2, -0.15) is 0 Å². The molecule has 1 heterocycles. The normalized spacial score (nSPS) is 10.5. The van der Waals surface area contributed by atoms with Gasteiger partial charge in [-0.15, -0.1) is 11.3 Å². The van der Waals surface area contributed by atoms with Crippen LogP contribution in [0.5, 0.6) is 5.75 Å². The zero-order valence-electron chi connectivity index (χ0n) is 14.3. The van der Waals surface area contributed by atoms with E-state index in [1.54, 1.807) is 0 Å². The molecule has 128 valence electrons. The molecule has 0 spiro atoms. The van der Waals surface area contributed by atoms with Crippen LogP contribution in [0.25, 0.3) is 0 Å². The van der Waals surface area contributed by atoms with E-state index in [9.17, 15) is 9.59 Å². The summed E-state index contributed by atoms with van der Waals surface area (Å²) in [7, 11) is 0. The first-order chi connectivity index (χ1) is 11.5. The molecule has 0 saturated heterocycles. The van der Waals surface area contributed by atoms with Gasteiger partial charge in [0.25, 0.3) is 0 Å². The van der Waals surface area contributed by atoms with Crippen LogP contribution in [0.3, 0.4) is 0 Å². The van der Waals surface area contributed by atoms with Crippen LogP contribution < -0.4 is 10.1 Å². The Morgan fingerprint density at radius 1 is 1.08 bits per heavy atom. The summed E-state index contributed by atoms with van der Waals surface area (Å²) in [6.07, 6.45) is 0.447. The van der Waals surface area contributed by atoms with Crippen molar-refractivity contribution in [2.45, 2.75) is 33.6 Å². The van der Waals surface area contributed by atoms with E-state index in [2.05, 4.69) is 11.4 Å². The van der Waals surface area contributed by atoms with Crippen LogP contribution in [0.2, 0.25) is 0 Å². The van der Waals surface area contributed by atoms with E-state index in [0.717, 1.165) is 21.1 Å². The summed E-state index contributed by atoms with van der Waals surface area (Å²) in [5.74, 6) is 0.730. The van der Waals surface area contributed by atoms with Gasteiger partial charge in [0, 0.05) is 17.7 Å². The molecule has 24 heavy (non-hydrogen) atoms. The molecule has 0 aliphatic heterocycles. The monoisotopic (exact) mass is 345 g/mol. The zero-order valence-corrected chi connectivity index (χ0v) is 15.2. The van der Waals surface area contributed by atoms with Crippen LogP contribution in [0.4, 0.5) is 0 Å². The van der Waals surface area contributed by atoms with Gasteiger partial charge < -0.3 is 10.1 Å². The number of amides is 1. The summed E-state index contributed by atoms with van der Waals surface area (Å²) in [5, 5.41) is 2.78. The van der Waals surface area contributed by atoms with Crippen LogP contribution in [-0.2, 0) is 4.79 Å². The SMILES string of the molecule is Cc1ccc(OCCNC(=O)CCC(=O)c2ccc(C)s2)c(C)c1. The van der Waals surface area contributed by atoms with Crippen LogP contribution in [0.15, 0.2) is 30.3 Å². The van der Waals surface area contributed by atoms with Crippen molar-refractivity contribution in [1.82, 2.24) is 5.32 Å². The highest BCUT2D eigenvalue weighted by Crippen LogP contribution is 2.18. The number of benzene rings is 1. The lowest BCUT2D eigenvalue weighted by molar-refractivity contribution is -0.121. The topological polar surface area (TPSA) is 55.4 Å². The molecule has 0 bridgehead atoms. The molecule has 2 rings (SSSR count). The summed E-state index contributed by atoms with van der Waals surface area (Å²) in [4.78, 5) is 25.6. The number of carbonyl (C=O) groups excluding carboxylic acids is 2. The molecule has 0 radical (unpaired) electrons. The molecule has 0 saturated carbocycles. The average molecular weight is 345 g/mol. The highest BCUT2D eigenvalue weighted by molar-refractivity contribution is 7.14. The standard InChI is InChI=1S/C19H23NO3S/c1-13-4-7-17(14(2)12-13)23-11-10-20-19(22)9-6-16(21)18-8-5-15(3)24-18/h4-5,7-8,12H,6,9-11H2,1-3H3,(H,20,22). The summed E-state index contributed by atoms with van der Waals surface area (Å²) in [6, 6.07) is 9.74. The molecular formula is C19H23NO3S. The zero-order chi connectivity index (χ0) is 17.5. The van der Waals surface area contributed by atoms with Crippen molar-refractivity contribution in [2.24, 2.45) is 0 Å². The Morgan fingerprint density at radius 3 is 2.54 bits per heavy atom. The largest absolute Gasteiger partial charge is 0.491 e. The Balaban J connectivity index is 1.65. The third-order valence-corrected chi connectivity index (χ3v) is 4.65. The van der Waals surface area contributed by atoms with Gasteiger partial charge in [0.15, 0.2) is 5.78 Å². The average Bonchev–Trinajstić information content (AvgIpc) is 2.97. The minimum Gasteiger partial charge on any atom is -0.491 e. The van der Waals surface area contributed by atoms with E-state index < -0.39 is 0 Å². The number of aryl methyl sites for hydroxylation is 3. The van der Waals surface area contributed by atoms with Gasteiger partial charge in [-0.05, 0) is 44.5 Å². The lowest BCUT2D eigenvalue weighted by Gasteiger charge is -2.10. The number of carbonyl (C=O) groups is 2. The van der Waals surface area contributed by atoms with Crippen molar-refractivity contribution in [1.29, 1.82) is 0 Å². The number of thiophene rings is 1. The quantitative estimate of drug-likeness (QED) is 0.584. The lowest BCUT2D eigenvalue weighted by Crippen LogP contribution is -2.28. The van der Waals surface area contributed by atoms with E-state index in [0.29, 0.717) is 13.2 Å². The maximum Gasteiger partial charge on any atom is 0.220 e. The van der Waals surface area contributed by atoms with Gasteiger partial charge >= 0.3 is 0 Å². The number of hydrogen-bond donors (Lipinski definition) is 1. The van der Waals surface area contributed by atoms with Crippen molar-refractivity contribution < 1.29 is 14.3 Å². The lowest BCUT2D eigenvalue weighted by atomic mass is 10.1. The van der Waals surface area contributed by atoms with E-state index in [1.807, 2.05) is 45.0 Å². The van der Waals surface area contributed by atoms with Gasteiger partial charge in [0.2, 0.25) is 5.91 Å². The smallest absolute Gasteiger partial charge is 0.220 e. The maximum absolute atomic E-state index is 11.9. The van der Waals surface area contributed by atoms with E-state index in [-0.39, 0.29) is 24.5 Å². The molecule has 1 amide bonds. The second kappa shape index (κ2) is 8.64.